The lowest BCUT2D eigenvalue weighted by Gasteiger charge is -2.31. The van der Waals surface area contributed by atoms with E-state index >= 15 is 0 Å². The molecule has 27 heavy (non-hydrogen) atoms. The number of anilines is 1. The van der Waals surface area contributed by atoms with Crippen LogP contribution in [-0.4, -0.2) is 25.3 Å². The fraction of sp³-hybridized carbons (Fsp3) is 0.455. The van der Waals surface area contributed by atoms with Gasteiger partial charge in [0.15, 0.2) is 5.85 Å². The predicted molar refractivity (Wildman–Crippen MR) is 112 cm³/mol. The van der Waals surface area contributed by atoms with Crippen LogP contribution in [0.1, 0.15) is 49.1 Å². The first-order valence-corrected chi connectivity index (χ1v) is 11.4. The number of aliphatic hydroxyl groups is 1. The Bertz CT molecular complexity index is 780. The second-order valence-electron chi connectivity index (χ2n) is 7.66. The maximum absolute atomic E-state index is 14.1. The topological polar surface area (TPSA) is 49.8 Å². The van der Waals surface area contributed by atoms with Crippen LogP contribution in [0.4, 0.5) is 5.69 Å². The maximum Gasteiger partial charge on any atom is 0.264 e. The quantitative estimate of drug-likeness (QED) is 0.709. The molecule has 3 rings (SSSR count). The zero-order chi connectivity index (χ0) is 19.4. The van der Waals surface area contributed by atoms with E-state index < -0.39 is 13.2 Å². The summed E-state index contributed by atoms with van der Waals surface area (Å²) in [6.45, 7) is 1.99. The van der Waals surface area contributed by atoms with Crippen LogP contribution in [0, 0.1) is 6.92 Å². The SMILES string of the molecule is Cc1ccc([C@@H](O)[P@](=O)(OC2CCCCC2)c2ccc(N(C)C)cc2)cc1. The van der Waals surface area contributed by atoms with E-state index in [1.54, 1.807) is 0 Å². The third-order valence-electron chi connectivity index (χ3n) is 5.28. The van der Waals surface area contributed by atoms with Crippen molar-refractivity contribution in [2.24, 2.45) is 0 Å². The van der Waals surface area contributed by atoms with Gasteiger partial charge in [0.25, 0.3) is 7.37 Å². The number of benzene rings is 2. The van der Waals surface area contributed by atoms with Gasteiger partial charge >= 0.3 is 0 Å². The second kappa shape index (κ2) is 8.60. The lowest BCUT2D eigenvalue weighted by molar-refractivity contribution is 0.137. The van der Waals surface area contributed by atoms with Crippen molar-refractivity contribution in [3.05, 3.63) is 59.7 Å². The fourth-order valence-corrected chi connectivity index (χ4v) is 5.85. The highest BCUT2D eigenvalue weighted by molar-refractivity contribution is 7.67. The molecular weight excluding hydrogens is 357 g/mol. The van der Waals surface area contributed by atoms with E-state index in [2.05, 4.69) is 0 Å². The molecule has 1 aliphatic rings. The van der Waals surface area contributed by atoms with Crippen LogP contribution in [0.15, 0.2) is 48.5 Å². The monoisotopic (exact) mass is 387 g/mol. The summed E-state index contributed by atoms with van der Waals surface area (Å²) in [4.78, 5) is 1.99. The van der Waals surface area contributed by atoms with Crippen molar-refractivity contribution >= 4 is 18.4 Å². The van der Waals surface area contributed by atoms with E-state index in [4.69, 9.17) is 4.52 Å². The third-order valence-corrected chi connectivity index (χ3v) is 7.85. The van der Waals surface area contributed by atoms with Crippen LogP contribution in [0.2, 0.25) is 0 Å². The van der Waals surface area contributed by atoms with Gasteiger partial charge in [-0.2, -0.15) is 0 Å². The molecule has 0 aliphatic heterocycles. The molecule has 146 valence electrons. The molecule has 0 saturated heterocycles. The molecule has 0 amide bonds. The molecule has 0 spiro atoms. The van der Waals surface area contributed by atoms with Crippen LogP contribution >= 0.6 is 7.37 Å². The zero-order valence-electron chi connectivity index (χ0n) is 16.5. The summed E-state index contributed by atoms with van der Waals surface area (Å²) >= 11 is 0. The van der Waals surface area contributed by atoms with Gasteiger partial charge in [-0.15, -0.1) is 0 Å². The van der Waals surface area contributed by atoms with Gasteiger partial charge in [-0.1, -0.05) is 49.1 Å². The molecule has 0 bridgehead atoms. The Balaban J connectivity index is 1.96. The Hall–Kier alpha value is -1.61. The van der Waals surface area contributed by atoms with Crippen molar-refractivity contribution < 1.29 is 14.2 Å². The molecule has 2 aromatic rings. The van der Waals surface area contributed by atoms with Crippen molar-refractivity contribution in [2.75, 3.05) is 19.0 Å². The van der Waals surface area contributed by atoms with Crippen LogP contribution in [0.3, 0.4) is 0 Å². The van der Waals surface area contributed by atoms with E-state index in [1.807, 2.05) is 74.4 Å². The molecular formula is C22H30NO3P. The summed E-state index contributed by atoms with van der Waals surface area (Å²) < 4.78 is 20.3. The molecule has 1 N–H and O–H groups in total. The number of hydrogen-bond acceptors (Lipinski definition) is 4. The van der Waals surface area contributed by atoms with Crippen LogP contribution in [-0.2, 0) is 9.09 Å². The molecule has 0 unspecified atom stereocenters. The van der Waals surface area contributed by atoms with E-state index in [1.165, 1.54) is 6.42 Å². The van der Waals surface area contributed by atoms with Crippen LogP contribution in [0.25, 0.3) is 0 Å². The number of aliphatic hydroxyl groups excluding tert-OH is 1. The number of rotatable bonds is 6. The Labute approximate surface area is 162 Å². The average Bonchev–Trinajstić information content (AvgIpc) is 2.69. The number of nitrogens with zero attached hydrogens (tertiary/aromatic N) is 1. The smallest absolute Gasteiger partial charge is 0.264 e. The highest BCUT2D eigenvalue weighted by Gasteiger charge is 2.39. The first-order chi connectivity index (χ1) is 12.9. The van der Waals surface area contributed by atoms with E-state index in [9.17, 15) is 9.67 Å². The van der Waals surface area contributed by atoms with Gasteiger partial charge in [0.1, 0.15) is 0 Å². The Morgan fingerprint density at radius 3 is 2.15 bits per heavy atom. The van der Waals surface area contributed by atoms with Gasteiger partial charge in [0, 0.05) is 25.1 Å². The standard InChI is InChI=1S/C22H30NO3P/c1-17-9-11-18(12-10-17)22(24)27(25,26-20-7-5-4-6-8-20)21-15-13-19(14-16-21)23(2)3/h9-16,20,22,24H,4-8H2,1-3H3/t22-,27+/m0/s1. The first kappa shape index (κ1) is 20.1. The van der Waals surface area contributed by atoms with Gasteiger partial charge < -0.3 is 14.5 Å². The average molecular weight is 387 g/mol. The van der Waals surface area contributed by atoms with Crippen molar-refractivity contribution in [1.82, 2.24) is 0 Å². The number of aryl methyl sites for hydroxylation is 1. The summed E-state index contributed by atoms with van der Waals surface area (Å²) in [5.74, 6) is -1.16. The van der Waals surface area contributed by atoms with Gasteiger partial charge in [-0.3, -0.25) is 4.57 Å². The summed E-state index contributed by atoms with van der Waals surface area (Å²) in [5.41, 5.74) is 2.76. The van der Waals surface area contributed by atoms with Crippen molar-refractivity contribution in [2.45, 2.75) is 51.0 Å². The minimum atomic E-state index is -3.48. The van der Waals surface area contributed by atoms with Crippen molar-refractivity contribution in [1.29, 1.82) is 0 Å². The Morgan fingerprint density at radius 1 is 1.00 bits per heavy atom. The van der Waals surface area contributed by atoms with Gasteiger partial charge in [0.05, 0.1) is 6.10 Å². The molecule has 5 heteroatoms. The van der Waals surface area contributed by atoms with Crippen molar-refractivity contribution in [3.8, 4) is 0 Å². The largest absolute Gasteiger partial charge is 0.378 e. The van der Waals surface area contributed by atoms with E-state index in [0.717, 1.165) is 36.9 Å². The fourth-order valence-electron chi connectivity index (χ4n) is 3.55. The molecule has 0 heterocycles. The lowest BCUT2D eigenvalue weighted by Crippen LogP contribution is -2.22. The van der Waals surface area contributed by atoms with Crippen molar-refractivity contribution in [3.63, 3.8) is 0 Å². The lowest BCUT2D eigenvalue weighted by atomic mass is 9.98. The zero-order valence-corrected chi connectivity index (χ0v) is 17.4. The molecule has 4 nitrogen and oxygen atoms in total. The summed E-state index contributed by atoms with van der Waals surface area (Å²) in [6.07, 6.45) is 5.12. The predicted octanol–water partition coefficient (Wildman–Crippen LogP) is 5.00. The highest BCUT2D eigenvalue weighted by Crippen LogP contribution is 2.59. The van der Waals surface area contributed by atoms with Crippen LogP contribution < -0.4 is 10.2 Å². The summed E-state index contributed by atoms with van der Waals surface area (Å²) in [7, 11) is 0.452. The van der Waals surface area contributed by atoms with Gasteiger partial charge in [-0.25, -0.2) is 0 Å². The molecule has 1 aliphatic carbocycles. The molecule has 2 atom stereocenters. The summed E-state index contributed by atoms with van der Waals surface area (Å²) in [5, 5.41) is 11.7. The van der Waals surface area contributed by atoms with Crippen LogP contribution in [0.5, 0.6) is 0 Å². The van der Waals surface area contributed by atoms with E-state index in [-0.39, 0.29) is 6.10 Å². The molecule has 0 radical (unpaired) electrons. The summed E-state index contributed by atoms with van der Waals surface area (Å²) in [6, 6.07) is 15.0. The molecule has 2 aromatic carbocycles. The minimum absolute atomic E-state index is 0.0572. The molecule has 1 saturated carbocycles. The van der Waals surface area contributed by atoms with E-state index in [0.29, 0.717) is 10.9 Å². The highest BCUT2D eigenvalue weighted by atomic mass is 31.2. The Kier molecular flexibility index (Phi) is 6.41. The van der Waals surface area contributed by atoms with Gasteiger partial charge in [-0.05, 0) is 49.6 Å². The second-order valence-corrected chi connectivity index (χ2v) is 10.1. The number of hydrogen-bond donors (Lipinski definition) is 1. The Morgan fingerprint density at radius 2 is 1.59 bits per heavy atom. The minimum Gasteiger partial charge on any atom is -0.378 e. The normalized spacial score (nSPS) is 18.7. The molecule has 1 fully saturated rings. The first-order valence-electron chi connectivity index (χ1n) is 9.71. The maximum atomic E-state index is 14.1. The third kappa shape index (κ3) is 4.63. The van der Waals surface area contributed by atoms with Gasteiger partial charge in [0.2, 0.25) is 0 Å². The molecule has 0 aromatic heterocycles.